The minimum Gasteiger partial charge on any atom is -0.342 e. The molecule has 0 radical (unpaired) electrons. The molecular formula is C16H21FN2O. The summed E-state index contributed by atoms with van der Waals surface area (Å²) in [6.45, 7) is 2.97. The number of hydrogen-bond acceptors (Lipinski definition) is 2. The van der Waals surface area contributed by atoms with Gasteiger partial charge in [-0.2, -0.15) is 0 Å². The quantitative estimate of drug-likeness (QED) is 0.663. The maximum atomic E-state index is 13.8. The predicted molar refractivity (Wildman–Crippen MR) is 78.8 cm³/mol. The summed E-state index contributed by atoms with van der Waals surface area (Å²) < 4.78 is 13.8. The number of nitrogens with zero attached hydrogens (tertiary/aromatic N) is 1. The van der Waals surface area contributed by atoms with Crippen LogP contribution < -0.4 is 5.73 Å². The van der Waals surface area contributed by atoms with Crippen molar-refractivity contribution in [3.05, 3.63) is 35.1 Å². The molecule has 0 aliphatic heterocycles. The highest BCUT2D eigenvalue weighted by molar-refractivity contribution is 5.94. The first kappa shape index (κ1) is 16.2. The standard InChI is InChI=1S/C16H21FN2O/c1-3-4-5-11-19(2)16(20)14-9-8-13(7-6-10-18)15(17)12-14/h8-9,12H,3-5,10-11,18H2,1-2H3. The van der Waals surface area contributed by atoms with Crippen molar-refractivity contribution in [2.75, 3.05) is 20.1 Å². The third kappa shape index (κ3) is 4.67. The molecule has 0 unspecified atom stereocenters. The van der Waals surface area contributed by atoms with E-state index in [1.54, 1.807) is 18.0 Å². The topological polar surface area (TPSA) is 46.3 Å². The summed E-state index contributed by atoms with van der Waals surface area (Å²) in [5, 5.41) is 0. The summed E-state index contributed by atoms with van der Waals surface area (Å²) in [5.74, 6) is 4.57. The Balaban J connectivity index is 2.76. The normalized spacial score (nSPS) is 9.80. The number of hydrogen-bond donors (Lipinski definition) is 1. The molecule has 0 saturated carbocycles. The van der Waals surface area contributed by atoms with Crippen molar-refractivity contribution in [3.63, 3.8) is 0 Å². The SMILES string of the molecule is CCCCCN(C)C(=O)c1ccc(C#CCN)c(F)c1. The number of carbonyl (C=O) groups is 1. The monoisotopic (exact) mass is 276 g/mol. The second kappa shape index (κ2) is 8.34. The van der Waals surface area contributed by atoms with Gasteiger partial charge in [0.2, 0.25) is 0 Å². The van der Waals surface area contributed by atoms with E-state index >= 15 is 0 Å². The lowest BCUT2D eigenvalue weighted by Crippen LogP contribution is -2.27. The first-order chi connectivity index (χ1) is 9.60. The second-order valence-corrected chi connectivity index (χ2v) is 4.63. The Morgan fingerprint density at radius 1 is 1.40 bits per heavy atom. The molecular weight excluding hydrogens is 255 g/mol. The van der Waals surface area contributed by atoms with Crippen LogP contribution >= 0.6 is 0 Å². The minimum atomic E-state index is -0.487. The van der Waals surface area contributed by atoms with Gasteiger partial charge in [-0.05, 0) is 24.6 Å². The van der Waals surface area contributed by atoms with Crippen molar-refractivity contribution in [1.29, 1.82) is 0 Å². The van der Waals surface area contributed by atoms with Crippen LogP contribution in [0.2, 0.25) is 0 Å². The Labute approximate surface area is 120 Å². The number of amides is 1. The summed E-state index contributed by atoms with van der Waals surface area (Å²) in [7, 11) is 1.73. The molecule has 1 aromatic carbocycles. The van der Waals surface area contributed by atoms with E-state index in [1.807, 2.05) is 0 Å². The molecule has 0 aromatic heterocycles. The third-order valence-corrected chi connectivity index (χ3v) is 2.98. The molecule has 0 fully saturated rings. The summed E-state index contributed by atoms with van der Waals surface area (Å²) >= 11 is 0. The maximum absolute atomic E-state index is 13.8. The fraction of sp³-hybridized carbons (Fsp3) is 0.438. The number of benzene rings is 1. The number of rotatable bonds is 5. The zero-order valence-electron chi connectivity index (χ0n) is 12.1. The van der Waals surface area contributed by atoms with Gasteiger partial charge in [0.05, 0.1) is 12.1 Å². The second-order valence-electron chi connectivity index (χ2n) is 4.63. The number of unbranched alkanes of at least 4 members (excludes halogenated alkanes) is 2. The van der Waals surface area contributed by atoms with Crippen molar-refractivity contribution < 1.29 is 9.18 Å². The fourth-order valence-corrected chi connectivity index (χ4v) is 1.82. The molecule has 0 bridgehead atoms. The van der Waals surface area contributed by atoms with Gasteiger partial charge in [-0.25, -0.2) is 4.39 Å². The first-order valence-corrected chi connectivity index (χ1v) is 6.84. The number of nitrogens with two attached hydrogens (primary N) is 1. The van der Waals surface area contributed by atoms with E-state index in [9.17, 15) is 9.18 Å². The molecule has 0 saturated heterocycles. The van der Waals surface area contributed by atoms with Gasteiger partial charge in [0, 0.05) is 19.2 Å². The van der Waals surface area contributed by atoms with E-state index in [0.29, 0.717) is 12.1 Å². The maximum Gasteiger partial charge on any atom is 0.253 e. The highest BCUT2D eigenvalue weighted by atomic mass is 19.1. The molecule has 20 heavy (non-hydrogen) atoms. The van der Waals surface area contributed by atoms with E-state index in [4.69, 9.17) is 5.73 Å². The van der Waals surface area contributed by atoms with Crippen LogP contribution in [-0.2, 0) is 0 Å². The molecule has 108 valence electrons. The van der Waals surface area contributed by atoms with E-state index in [1.165, 1.54) is 12.1 Å². The average Bonchev–Trinajstić information content (AvgIpc) is 2.45. The van der Waals surface area contributed by atoms with Crippen LogP contribution in [0.5, 0.6) is 0 Å². The molecule has 4 heteroatoms. The zero-order valence-corrected chi connectivity index (χ0v) is 12.1. The summed E-state index contributed by atoms with van der Waals surface area (Å²) in [4.78, 5) is 13.7. The highest BCUT2D eigenvalue weighted by Crippen LogP contribution is 2.12. The average molecular weight is 276 g/mol. The van der Waals surface area contributed by atoms with Crippen molar-refractivity contribution in [3.8, 4) is 11.8 Å². The highest BCUT2D eigenvalue weighted by Gasteiger charge is 2.13. The van der Waals surface area contributed by atoms with E-state index in [-0.39, 0.29) is 18.0 Å². The molecule has 1 amide bonds. The Hall–Kier alpha value is -1.86. The van der Waals surface area contributed by atoms with Crippen molar-refractivity contribution in [2.45, 2.75) is 26.2 Å². The van der Waals surface area contributed by atoms with Crippen LogP contribution in [0, 0.1) is 17.7 Å². The Morgan fingerprint density at radius 2 is 2.15 bits per heavy atom. The summed E-state index contributed by atoms with van der Waals surface area (Å²) in [6.07, 6.45) is 3.14. The number of halogens is 1. The van der Waals surface area contributed by atoms with E-state index in [2.05, 4.69) is 18.8 Å². The van der Waals surface area contributed by atoms with Gasteiger partial charge in [-0.15, -0.1) is 0 Å². The van der Waals surface area contributed by atoms with Crippen LogP contribution in [0.4, 0.5) is 4.39 Å². The van der Waals surface area contributed by atoms with Gasteiger partial charge in [0.15, 0.2) is 0 Å². The predicted octanol–water partition coefficient (Wildman–Crippen LogP) is 2.40. The van der Waals surface area contributed by atoms with Gasteiger partial charge < -0.3 is 10.6 Å². The van der Waals surface area contributed by atoms with Crippen LogP contribution in [-0.4, -0.2) is 30.9 Å². The Bertz CT molecular complexity index is 517. The molecule has 1 aromatic rings. The van der Waals surface area contributed by atoms with Gasteiger partial charge in [-0.1, -0.05) is 31.6 Å². The molecule has 0 spiro atoms. The minimum absolute atomic E-state index is 0.168. The number of carbonyl (C=O) groups excluding carboxylic acids is 1. The van der Waals surface area contributed by atoms with E-state index < -0.39 is 5.82 Å². The molecule has 1 rings (SSSR count). The van der Waals surface area contributed by atoms with Crippen LogP contribution in [0.3, 0.4) is 0 Å². The van der Waals surface area contributed by atoms with Crippen molar-refractivity contribution >= 4 is 5.91 Å². The molecule has 0 atom stereocenters. The smallest absolute Gasteiger partial charge is 0.253 e. The Morgan fingerprint density at radius 3 is 2.75 bits per heavy atom. The molecule has 0 aliphatic rings. The van der Waals surface area contributed by atoms with Gasteiger partial charge in [0.25, 0.3) is 5.91 Å². The molecule has 2 N–H and O–H groups in total. The lowest BCUT2D eigenvalue weighted by atomic mass is 10.1. The molecule has 0 aliphatic carbocycles. The van der Waals surface area contributed by atoms with Crippen LogP contribution in [0.1, 0.15) is 42.1 Å². The van der Waals surface area contributed by atoms with Crippen molar-refractivity contribution in [2.24, 2.45) is 5.73 Å². The summed E-state index contributed by atoms with van der Waals surface area (Å²) in [6, 6.07) is 4.35. The van der Waals surface area contributed by atoms with E-state index in [0.717, 1.165) is 19.3 Å². The summed E-state index contributed by atoms with van der Waals surface area (Å²) in [5.41, 5.74) is 5.86. The van der Waals surface area contributed by atoms with Gasteiger partial charge >= 0.3 is 0 Å². The van der Waals surface area contributed by atoms with Crippen molar-refractivity contribution in [1.82, 2.24) is 4.90 Å². The largest absolute Gasteiger partial charge is 0.342 e. The lowest BCUT2D eigenvalue weighted by Gasteiger charge is -2.17. The first-order valence-electron chi connectivity index (χ1n) is 6.84. The molecule has 3 nitrogen and oxygen atoms in total. The van der Waals surface area contributed by atoms with Crippen LogP contribution in [0.25, 0.3) is 0 Å². The zero-order chi connectivity index (χ0) is 15.0. The van der Waals surface area contributed by atoms with Gasteiger partial charge in [0.1, 0.15) is 5.82 Å². The third-order valence-electron chi connectivity index (χ3n) is 2.98. The Kier molecular flexibility index (Phi) is 6.75. The fourth-order valence-electron chi connectivity index (χ4n) is 1.82. The van der Waals surface area contributed by atoms with Crippen LogP contribution in [0.15, 0.2) is 18.2 Å². The molecule has 0 heterocycles. The van der Waals surface area contributed by atoms with Gasteiger partial charge in [-0.3, -0.25) is 4.79 Å². The lowest BCUT2D eigenvalue weighted by molar-refractivity contribution is 0.0792.